The lowest BCUT2D eigenvalue weighted by molar-refractivity contribution is -0.153. The van der Waals surface area contributed by atoms with Gasteiger partial charge in [-0.2, -0.15) is 13.2 Å². The summed E-state index contributed by atoms with van der Waals surface area (Å²) < 4.78 is 39.4. The molecule has 2 aliphatic heterocycles. The lowest BCUT2D eigenvalue weighted by Gasteiger charge is -2.29. The molecule has 11 heteroatoms. The molecule has 2 heterocycles. The number of rotatable bonds is 8. The molecule has 0 spiro atoms. The van der Waals surface area contributed by atoms with Crippen molar-refractivity contribution in [1.82, 2.24) is 10.2 Å². The molecule has 2 aliphatic rings. The third kappa shape index (κ3) is 6.72. The minimum absolute atomic E-state index is 0.0281. The number of nitrogens with zero attached hydrogens (tertiary/aromatic N) is 1. The van der Waals surface area contributed by atoms with Gasteiger partial charge < -0.3 is 20.4 Å². The van der Waals surface area contributed by atoms with Crippen molar-refractivity contribution >= 4 is 35.2 Å². The molecule has 0 radical (unpaired) electrons. The Morgan fingerprint density at radius 1 is 1.13 bits per heavy atom. The molecule has 1 saturated heterocycles. The van der Waals surface area contributed by atoms with E-state index < -0.39 is 41.8 Å². The van der Waals surface area contributed by atoms with Crippen molar-refractivity contribution in [2.75, 3.05) is 13.1 Å². The number of hydrogen-bond donors (Lipinski definition) is 3. The summed E-state index contributed by atoms with van der Waals surface area (Å²) in [5.74, 6) is -1.78. The van der Waals surface area contributed by atoms with Gasteiger partial charge in [-0.3, -0.25) is 9.59 Å². The molecule has 2 aromatic rings. The van der Waals surface area contributed by atoms with Crippen LogP contribution in [-0.2, 0) is 22.2 Å². The Kier molecular flexibility index (Phi) is 9.07. The van der Waals surface area contributed by atoms with Crippen LogP contribution in [-0.4, -0.2) is 57.5 Å². The third-order valence-electron chi connectivity index (χ3n) is 6.75. The van der Waals surface area contributed by atoms with Crippen LogP contribution in [0, 0.1) is 0 Å². The molecule has 0 aromatic heterocycles. The van der Waals surface area contributed by atoms with Crippen LogP contribution in [0.5, 0.6) is 0 Å². The van der Waals surface area contributed by atoms with E-state index in [1.165, 1.54) is 17.0 Å². The minimum Gasteiger partial charge on any atom is -0.380 e. The highest BCUT2D eigenvalue weighted by molar-refractivity contribution is 8.03. The highest BCUT2D eigenvalue weighted by Crippen LogP contribution is 2.37. The molecule has 2 amide bonds. The maximum atomic E-state index is 13.1. The summed E-state index contributed by atoms with van der Waals surface area (Å²) in [6.45, 7) is 0.421. The first-order valence-corrected chi connectivity index (χ1v) is 13.5. The topological polar surface area (TPSA) is 89.9 Å². The van der Waals surface area contributed by atoms with Crippen molar-refractivity contribution in [2.45, 2.75) is 55.4 Å². The van der Waals surface area contributed by atoms with Crippen LogP contribution in [0.4, 0.5) is 13.2 Å². The first kappa shape index (κ1) is 28.5. The van der Waals surface area contributed by atoms with E-state index in [0.717, 1.165) is 23.3 Å². The van der Waals surface area contributed by atoms with Crippen LogP contribution in [0.2, 0.25) is 5.02 Å². The molecule has 1 fully saturated rings. The van der Waals surface area contributed by atoms with E-state index in [0.29, 0.717) is 30.7 Å². The van der Waals surface area contributed by atoms with E-state index in [9.17, 15) is 33.0 Å². The first-order valence-electron chi connectivity index (χ1n) is 12.2. The molecule has 3 N–H and O–H groups in total. The molecule has 4 rings (SSSR count). The van der Waals surface area contributed by atoms with Gasteiger partial charge in [0.05, 0.1) is 11.6 Å². The van der Waals surface area contributed by atoms with Gasteiger partial charge in [-0.15, -0.1) is 11.8 Å². The summed E-state index contributed by atoms with van der Waals surface area (Å²) in [7, 11) is 0. The van der Waals surface area contributed by atoms with Gasteiger partial charge in [0.1, 0.15) is 0 Å². The molecule has 6 nitrogen and oxygen atoms in total. The van der Waals surface area contributed by atoms with Gasteiger partial charge >= 0.3 is 6.18 Å². The van der Waals surface area contributed by atoms with Crippen LogP contribution in [0.3, 0.4) is 0 Å². The van der Waals surface area contributed by atoms with Gasteiger partial charge in [0.15, 0.2) is 12.2 Å². The molecular weight excluding hydrogens is 541 g/mol. The maximum Gasteiger partial charge on any atom is 0.416 e. The number of carbonyl (C=O) groups is 2. The van der Waals surface area contributed by atoms with E-state index >= 15 is 0 Å². The van der Waals surface area contributed by atoms with Crippen LogP contribution in [0.25, 0.3) is 0 Å². The van der Waals surface area contributed by atoms with E-state index in [2.05, 4.69) is 5.32 Å². The average Bonchev–Trinajstić information content (AvgIpc) is 3.57. The fourth-order valence-electron chi connectivity index (χ4n) is 4.77. The number of amides is 2. The standard InChI is InChI=1S/C27H28ClF3N2O4S/c28-21-8-2-1-5-17(21)11-16-12-20(38-15-16)14-32-25(36)23(34)24(35)26(37)33-10-4-9-22(33)18-6-3-7-19(13-18)27(29,30)31/h1-3,5-8,13,15,20,22-24,34-35H,4,9-12,14H2,(H,32,36)/t20?,22-,23-,24-/m1/s1. The predicted molar refractivity (Wildman–Crippen MR) is 139 cm³/mol. The van der Waals surface area contributed by atoms with Crippen molar-refractivity contribution in [1.29, 1.82) is 0 Å². The van der Waals surface area contributed by atoms with Crippen LogP contribution in [0.1, 0.15) is 42.0 Å². The number of allylic oxidation sites excluding steroid dienone is 1. The summed E-state index contributed by atoms with van der Waals surface area (Å²) in [6, 6.07) is 11.6. The van der Waals surface area contributed by atoms with E-state index in [1.54, 1.807) is 11.8 Å². The average molecular weight is 569 g/mol. The number of alkyl halides is 3. The Morgan fingerprint density at radius 3 is 2.63 bits per heavy atom. The second kappa shape index (κ2) is 12.1. The van der Waals surface area contributed by atoms with E-state index in [-0.39, 0.29) is 23.9 Å². The summed E-state index contributed by atoms with van der Waals surface area (Å²) >= 11 is 7.77. The Hall–Kier alpha value is -2.53. The largest absolute Gasteiger partial charge is 0.416 e. The zero-order chi connectivity index (χ0) is 27.4. The number of hydrogen-bond acceptors (Lipinski definition) is 5. The van der Waals surface area contributed by atoms with Crippen LogP contribution < -0.4 is 5.32 Å². The zero-order valence-corrected chi connectivity index (χ0v) is 21.9. The van der Waals surface area contributed by atoms with Crippen LogP contribution in [0.15, 0.2) is 59.5 Å². The van der Waals surface area contributed by atoms with Gasteiger partial charge in [-0.1, -0.05) is 47.5 Å². The molecule has 1 unspecified atom stereocenters. The molecule has 38 heavy (non-hydrogen) atoms. The highest BCUT2D eigenvalue weighted by Gasteiger charge is 2.39. The zero-order valence-electron chi connectivity index (χ0n) is 20.3. The molecule has 0 saturated carbocycles. The SMILES string of the molecule is O=C(NCC1CC(Cc2ccccc2Cl)=CS1)[C@H](O)[C@@H](O)C(=O)N1CCC[C@@H]1c1cccc(C(F)(F)F)c1. The smallest absolute Gasteiger partial charge is 0.380 e. The lowest BCUT2D eigenvalue weighted by Crippen LogP contribution is -2.51. The van der Waals surface area contributed by atoms with Crippen molar-refractivity contribution in [3.05, 3.63) is 81.2 Å². The molecule has 0 bridgehead atoms. The van der Waals surface area contributed by atoms with Gasteiger partial charge in [0, 0.05) is 23.4 Å². The van der Waals surface area contributed by atoms with Crippen molar-refractivity contribution < 1.29 is 33.0 Å². The van der Waals surface area contributed by atoms with Crippen molar-refractivity contribution in [3.8, 4) is 0 Å². The maximum absolute atomic E-state index is 13.1. The summed E-state index contributed by atoms with van der Waals surface area (Å²) in [5, 5.41) is 26.2. The molecular formula is C27H28ClF3N2O4S. The highest BCUT2D eigenvalue weighted by atomic mass is 35.5. The Morgan fingerprint density at radius 2 is 1.89 bits per heavy atom. The van der Waals surface area contributed by atoms with Crippen molar-refractivity contribution in [3.63, 3.8) is 0 Å². The first-order chi connectivity index (χ1) is 18.0. The fourth-order valence-corrected chi connectivity index (χ4v) is 6.03. The molecule has 204 valence electrons. The fraction of sp³-hybridized carbons (Fsp3) is 0.407. The quantitative estimate of drug-likeness (QED) is 0.437. The van der Waals surface area contributed by atoms with Gasteiger partial charge in [-0.25, -0.2) is 0 Å². The minimum atomic E-state index is -4.53. The number of likely N-dealkylation sites (tertiary alicyclic amines) is 1. The molecule has 2 aromatic carbocycles. The van der Waals surface area contributed by atoms with Gasteiger partial charge in [0.2, 0.25) is 0 Å². The predicted octanol–water partition coefficient (Wildman–Crippen LogP) is 4.49. The number of halogens is 4. The number of nitrogens with one attached hydrogen (secondary N) is 1. The van der Waals surface area contributed by atoms with Gasteiger partial charge in [0.25, 0.3) is 11.8 Å². The van der Waals surface area contributed by atoms with Gasteiger partial charge in [-0.05, 0) is 60.4 Å². The normalized spacial score (nSPS) is 21.2. The van der Waals surface area contributed by atoms with Crippen molar-refractivity contribution in [2.24, 2.45) is 0 Å². The number of benzene rings is 2. The second-order valence-electron chi connectivity index (χ2n) is 9.45. The second-order valence-corrected chi connectivity index (χ2v) is 11.0. The number of aliphatic hydroxyl groups is 2. The Labute approximate surface area is 227 Å². The summed E-state index contributed by atoms with van der Waals surface area (Å²) in [6.07, 6.45) is -6.25. The Balaban J connectivity index is 1.29. The third-order valence-corrected chi connectivity index (χ3v) is 8.31. The summed E-state index contributed by atoms with van der Waals surface area (Å²) in [5.41, 5.74) is 1.62. The monoisotopic (exact) mass is 568 g/mol. The lowest BCUT2D eigenvalue weighted by atomic mass is 10.0. The van der Waals surface area contributed by atoms with E-state index in [4.69, 9.17) is 11.6 Å². The Bertz CT molecular complexity index is 1210. The number of aliphatic hydroxyl groups excluding tert-OH is 2. The van der Waals surface area contributed by atoms with Crippen LogP contribution >= 0.6 is 23.4 Å². The van der Waals surface area contributed by atoms with E-state index in [1.807, 2.05) is 29.7 Å². The molecule has 0 aliphatic carbocycles. The molecule has 4 atom stereocenters. The number of carbonyl (C=O) groups excluding carboxylic acids is 2. The summed E-state index contributed by atoms with van der Waals surface area (Å²) in [4.78, 5) is 26.7. The number of thioether (sulfide) groups is 1.